The quantitative estimate of drug-likeness (QED) is 0.122. The number of aromatic nitrogens is 2. The van der Waals surface area contributed by atoms with Gasteiger partial charge in [-0.1, -0.05) is 261 Å². The maximum atomic E-state index is 7.04. The standard InChI is InChI=1S/C90H59N3O/c1-6-24-60(25-7-1)64-32-20-34-68(52-64)75-40-22-41-76(69-35-21-33-65(53-69)61-26-8-2-9-27-61)89(75)91(72-48-51-87-83(59-72)78-38-16-18-44-84(78)92(87)71-36-14-5-15-37-71)73-54-70(77-42-23-43-80-79-39-17-19-45-88(79)94-90(77)80)55-74(58-73)93-85-49-46-66(62-28-10-3-11-29-62)56-81(85)82-57-67(47-50-86(82)93)63-30-12-4-13-31-63/h1-59H. The van der Waals surface area contributed by atoms with Crippen LogP contribution in [0, 0.1) is 0 Å². The van der Waals surface area contributed by atoms with E-state index in [1.165, 1.54) is 27.3 Å². The van der Waals surface area contributed by atoms with Crippen LogP contribution in [0.5, 0.6) is 0 Å². The number of fused-ring (bicyclic) bond motifs is 9. The molecule has 0 radical (unpaired) electrons. The van der Waals surface area contributed by atoms with Crippen LogP contribution in [0.2, 0.25) is 0 Å². The topological polar surface area (TPSA) is 26.2 Å². The molecule has 0 N–H and O–H groups in total. The third kappa shape index (κ3) is 9.38. The average Bonchev–Trinajstić information content (AvgIpc) is 1.48. The van der Waals surface area contributed by atoms with Gasteiger partial charge in [0.2, 0.25) is 0 Å². The van der Waals surface area contributed by atoms with E-state index in [1.807, 2.05) is 0 Å². The second-order valence-electron chi connectivity index (χ2n) is 24.4. The molecule has 4 nitrogen and oxygen atoms in total. The Balaban J connectivity index is 0.978. The second kappa shape index (κ2) is 22.8. The van der Waals surface area contributed by atoms with Crippen LogP contribution >= 0.6 is 0 Å². The molecule has 440 valence electrons. The lowest BCUT2D eigenvalue weighted by molar-refractivity contribution is 0.670. The van der Waals surface area contributed by atoms with Crippen molar-refractivity contribution < 1.29 is 4.42 Å². The summed E-state index contributed by atoms with van der Waals surface area (Å²) >= 11 is 0. The summed E-state index contributed by atoms with van der Waals surface area (Å²) in [6, 6.07) is 131. The summed E-state index contributed by atoms with van der Waals surface area (Å²) in [5.41, 5.74) is 26.9. The minimum Gasteiger partial charge on any atom is -0.455 e. The summed E-state index contributed by atoms with van der Waals surface area (Å²) < 4.78 is 11.9. The molecule has 0 aliphatic carbocycles. The lowest BCUT2D eigenvalue weighted by Crippen LogP contribution is -2.14. The highest BCUT2D eigenvalue weighted by atomic mass is 16.3. The smallest absolute Gasteiger partial charge is 0.143 e. The van der Waals surface area contributed by atoms with Crippen LogP contribution in [0.4, 0.5) is 17.1 Å². The van der Waals surface area contributed by atoms with E-state index in [0.717, 1.165) is 145 Å². The molecule has 15 aromatic carbocycles. The van der Waals surface area contributed by atoms with Gasteiger partial charge in [0, 0.05) is 71.8 Å². The molecule has 3 heterocycles. The predicted molar refractivity (Wildman–Crippen MR) is 395 cm³/mol. The highest BCUT2D eigenvalue weighted by Crippen LogP contribution is 2.51. The number of hydrogen-bond donors (Lipinski definition) is 0. The summed E-state index contributed by atoms with van der Waals surface area (Å²) in [5, 5.41) is 6.81. The third-order valence-electron chi connectivity index (χ3n) is 18.9. The fourth-order valence-corrected chi connectivity index (χ4v) is 14.5. The maximum absolute atomic E-state index is 7.04. The Kier molecular flexibility index (Phi) is 13.2. The first-order chi connectivity index (χ1) is 46.6. The molecule has 18 rings (SSSR count). The van der Waals surface area contributed by atoms with Crippen LogP contribution in [-0.2, 0) is 0 Å². The van der Waals surface area contributed by atoms with Crippen molar-refractivity contribution in [3.05, 3.63) is 358 Å². The lowest BCUT2D eigenvalue weighted by atomic mass is 9.91. The van der Waals surface area contributed by atoms with E-state index in [2.05, 4.69) is 372 Å². The molecule has 18 aromatic rings. The zero-order valence-corrected chi connectivity index (χ0v) is 51.3. The zero-order chi connectivity index (χ0) is 62.1. The zero-order valence-electron chi connectivity index (χ0n) is 51.3. The largest absolute Gasteiger partial charge is 0.455 e. The summed E-state index contributed by atoms with van der Waals surface area (Å²) in [4.78, 5) is 2.56. The predicted octanol–water partition coefficient (Wildman–Crippen LogP) is 24.9. The van der Waals surface area contributed by atoms with Gasteiger partial charge >= 0.3 is 0 Å². The molecule has 94 heavy (non-hydrogen) atoms. The van der Waals surface area contributed by atoms with Gasteiger partial charge in [-0.3, -0.25) is 0 Å². The second-order valence-corrected chi connectivity index (χ2v) is 24.4. The van der Waals surface area contributed by atoms with Crippen LogP contribution in [0.3, 0.4) is 0 Å². The van der Waals surface area contributed by atoms with Gasteiger partial charge in [0.25, 0.3) is 0 Å². The Bertz CT molecular complexity index is 5710. The van der Waals surface area contributed by atoms with Crippen molar-refractivity contribution in [3.8, 4) is 89.3 Å². The Labute approximate surface area is 545 Å². The van der Waals surface area contributed by atoms with Crippen LogP contribution in [0.15, 0.2) is 362 Å². The van der Waals surface area contributed by atoms with Crippen molar-refractivity contribution >= 4 is 82.6 Å². The molecule has 0 fully saturated rings. The molecule has 0 aliphatic rings. The first kappa shape index (κ1) is 54.4. The van der Waals surface area contributed by atoms with Gasteiger partial charge in [-0.05, 0) is 158 Å². The van der Waals surface area contributed by atoms with Crippen molar-refractivity contribution in [1.82, 2.24) is 9.13 Å². The Hall–Kier alpha value is -12.5. The van der Waals surface area contributed by atoms with E-state index < -0.39 is 0 Å². The highest BCUT2D eigenvalue weighted by molar-refractivity contribution is 6.15. The SMILES string of the molecule is c1ccc(-c2cccc(-c3cccc(-c4cccc(-c5ccccc5)c4)c3N(c3cc(-c4cccc5c4oc4ccccc45)cc(-n4c5ccc(-c6ccccc6)cc5c5cc(-c6ccccc6)ccc54)c3)c3ccc4c(c3)c3ccccc3n4-c3ccccc3)c2)cc1. The Morgan fingerprint density at radius 3 is 1.21 bits per heavy atom. The minimum atomic E-state index is 0.840. The fraction of sp³-hybridized carbons (Fsp3) is 0. The molecule has 0 spiro atoms. The summed E-state index contributed by atoms with van der Waals surface area (Å²) in [7, 11) is 0. The monoisotopic (exact) mass is 1200 g/mol. The molecule has 3 aromatic heterocycles. The van der Waals surface area contributed by atoms with E-state index in [-0.39, 0.29) is 0 Å². The first-order valence-electron chi connectivity index (χ1n) is 32.2. The molecule has 4 heteroatoms. The number of anilines is 3. The van der Waals surface area contributed by atoms with Crippen molar-refractivity contribution in [3.63, 3.8) is 0 Å². The Morgan fingerprint density at radius 2 is 0.628 bits per heavy atom. The number of furan rings is 1. The van der Waals surface area contributed by atoms with E-state index in [0.29, 0.717) is 0 Å². The third-order valence-corrected chi connectivity index (χ3v) is 18.9. The molecule has 0 unspecified atom stereocenters. The van der Waals surface area contributed by atoms with Crippen molar-refractivity contribution in [2.75, 3.05) is 4.90 Å². The van der Waals surface area contributed by atoms with Crippen molar-refractivity contribution in [2.24, 2.45) is 0 Å². The van der Waals surface area contributed by atoms with Gasteiger partial charge in [0.15, 0.2) is 0 Å². The van der Waals surface area contributed by atoms with E-state index in [4.69, 9.17) is 4.42 Å². The van der Waals surface area contributed by atoms with E-state index in [9.17, 15) is 0 Å². The van der Waals surface area contributed by atoms with Crippen molar-refractivity contribution in [1.29, 1.82) is 0 Å². The number of benzene rings is 15. The summed E-state index contributed by atoms with van der Waals surface area (Å²) in [6.07, 6.45) is 0. The highest BCUT2D eigenvalue weighted by Gasteiger charge is 2.27. The molecular weight excluding hydrogens is 1140 g/mol. The molecule has 0 aliphatic heterocycles. The van der Waals surface area contributed by atoms with Crippen LogP contribution in [-0.4, -0.2) is 9.13 Å². The van der Waals surface area contributed by atoms with Gasteiger partial charge in [-0.25, -0.2) is 0 Å². The fourth-order valence-electron chi connectivity index (χ4n) is 14.5. The van der Waals surface area contributed by atoms with Gasteiger partial charge in [0.05, 0.1) is 27.8 Å². The normalized spacial score (nSPS) is 11.6. The molecule has 0 bridgehead atoms. The number of rotatable bonds is 12. The lowest BCUT2D eigenvalue weighted by Gasteiger charge is -2.31. The first-order valence-corrected chi connectivity index (χ1v) is 32.2. The number of hydrogen-bond acceptors (Lipinski definition) is 2. The summed E-state index contributed by atoms with van der Waals surface area (Å²) in [6.45, 7) is 0. The average molecular weight is 1200 g/mol. The molecule has 0 atom stereocenters. The van der Waals surface area contributed by atoms with Crippen molar-refractivity contribution in [2.45, 2.75) is 0 Å². The molecule has 0 amide bonds. The molecular formula is C90H59N3O. The summed E-state index contributed by atoms with van der Waals surface area (Å²) in [5.74, 6) is 0. The molecule has 0 saturated carbocycles. The van der Waals surface area contributed by atoms with Crippen LogP contribution in [0.25, 0.3) is 155 Å². The van der Waals surface area contributed by atoms with Crippen LogP contribution in [0.1, 0.15) is 0 Å². The Morgan fingerprint density at radius 1 is 0.213 bits per heavy atom. The minimum absolute atomic E-state index is 0.840. The molecule has 0 saturated heterocycles. The van der Waals surface area contributed by atoms with Gasteiger partial charge in [0.1, 0.15) is 11.2 Å². The van der Waals surface area contributed by atoms with E-state index >= 15 is 0 Å². The van der Waals surface area contributed by atoms with Gasteiger partial charge < -0.3 is 18.5 Å². The van der Waals surface area contributed by atoms with E-state index in [1.54, 1.807) is 0 Å². The maximum Gasteiger partial charge on any atom is 0.143 e. The van der Waals surface area contributed by atoms with Gasteiger partial charge in [-0.2, -0.15) is 0 Å². The van der Waals surface area contributed by atoms with Gasteiger partial charge in [-0.15, -0.1) is 0 Å². The van der Waals surface area contributed by atoms with Crippen LogP contribution < -0.4 is 4.90 Å². The number of para-hydroxylation sites is 5. The number of nitrogens with zero attached hydrogens (tertiary/aromatic N) is 3.